The van der Waals surface area contributed by atoms with Gasteiger partial charge in [0.15, 0.2) is 0 Å². The summed E-state index contributed by atoms with van der Waals surface area (Å²) in [5.74, 6) is 0.783. The third kappa shape index (κ3) is 2.81. The molecule has 2 heterocycles. The Labute approximate surface area is 134 Å². The maximum atomic E-state index is 12.6. The zero-order chi connectivity index (χ0) is 15.5. The summed E-state index contributed by atoms with van der Waals surface area (Å²) in [6.07, 6.45) is 1.87. The quantitative estimate of drug-likeness (QED) is 0.917. The van der Waals surface area contributed by atoms with Gasteiger partial charge in [0.1, 0.15) is 5.75 Å². The molecule has 2 aromatic rings. The average molecular weight is 316 g/mol. The topological polar surface area (TPSA) is 41.6 Å². The summed E-state index contributed by atoms with van der Waals surface area (Å²) in [5.41, 5.74) is 2.10. The normalized spacial score (nSPS) is 17.0. The average Bonchev–Trinajstić information content (AvgIpc) is 3.03. The Morgan fingerprint density at radius 1 is 1.36 bits per heavy atom. The Bertz CT molecular complexity index is 651. The fourth-order valence-corrected chi connectivity index (χ4v) is 3.88. The number of thiophene rings is 1. The lowest BCUT2D eigenvalue weighted by atomic mass is 9.98. The van der Waals surface area contributed by atoms with Crippen molar-refractivity contribution in [3.8, 4) is 5.75 Å². The molecule has 5 heteroatoms. The molecule has 0 unspecified atom stereocenters. The molecule has 0 saturated heterocycles. The van der Waals surface area contributed by atoms with Gasteiger partial charge in [-0.3, -0.25) is 0 Å². The lowest BCUT2D eigenvalue weighted by Crippen LogP contribution is -2.41. The van der Waals surface area contributed by atoms with Crippen LogP contribution in [0.3, 0.4) is 0 Å². The molecule has 0 spiro atoms. The van der Waals surface area contributed by atoms with Gasteiger partial charge in [0.25, 0.3) is 0 Å². The van der Waals surface area contributed by atoms with E-state index in [4.69, 9.17) is 4.74 Å². The van der Waals surface area contributed by atoms with Crippen LogP contribution in [0.4, 0.5) is 10.5 Å². The Balaban J connectivity index is 1.74. The molecule has 0 aliphatic carbocycles. The number of rotatable bonds is 3. The molecule has 22 heavy (non-hydrogen) atoms. The van der Waals surface area contributed by atoms with E-state index < -0.39 is 0 Å². The van der Waals surface area contributed by atoms with Crippen LogP contribution < -0.4 is 10.1 Å². The number of urea groups is 1. The smallest absolute Gasteiger partial charge is 0.322 e. The van der Waals surface area contributed by atoms with Crippen LogP contribution in [0.15, 0.2) is 35.7 Å². The van der Waals surface area contributed by atoms with E-state index in [0.29, 0.717) is 0 Å². The van der Waals surface area contributed by atoms with Crippen molar-refractivity contribution in [2.45, 2.75) is 25.8 Å². The second kappa shape index (κ2) is 6.40. The maximum absolute atomic E-state index is 12.6. The number of ether oxygens (including phenoxy) is 1. The molecule has 1 N–H and O–H groups in total. The van der Waals surface area contributed by atoms with Gasteiger partial charge in [0.2, 0.25) is 0 Å². The number of anilines is 1. The minimum absolute atomic E-state index is 0.0335. The second-order valence-corrected chi connectivity index (χ2v) is 6.33. The van der Waals surface area contributed by atoms with E-state index in [1.807, 2.05) is 29.2 Å². The number of nitrogens with zero attached hydrogens (tertiary/aromatic N) is 1. The van der Waals surface area contributed by atoms with Crippen LogP contribution in [0.2, 0.25) is 0 Å². The first kappa shape index (κ1) is 14.9. The summed E-state index contributed by atoms with van der Waals surface area (Å²) >= 11 is 1.79. The van der Waals surface area contributed by atoms with E-state index in [2.05, 4.69) is 23.7 Å². The number of nitrogens with one attached hydrogen (secondary N) is 1. The Kier molecular flexibility index (Phi) is 4.34. The van der Waals surface area contributed by atoms with Crippen molar-refractivity contribution in [3.05, 3.63) is 46.2 Å². The molecular weight excluding hydrogens is 296 g/mol. The molecule has 4 nitrogen and oxygen atoms in total. The first-order valence-corrected chi connectivity index (χ1v) is 8.38. The summed E-state index contributed by atoms with van der Waals surface area (Å²) < 4.78 is 5.13. The molecule has 0 saturated carbocycles. The molecule has 0 radical (unpaired) electrons. The van der Waals surface area contributed by atoms with Crippen LogP contribution >= 0.6 is 11.3 Å². The van der Waals surface area contributed by atoms with Crippen LogP contribution in [0.5, 0.6) is 5.75 Å². The van der Waals surface area contributed by atoms with Crippen molar-refractivity contribution in [2.24, 2.45) is 0 Å². The predicted octanol–water partition coefficient (Wildman–Crippen LogP) is 4.30. The highest BCUT2D eigenvalue weighted by molar-refractivity contribution is 7.10. The van der Waals surface area contributed by atoms with Gasteiger partial charge in [-0.25, -0.2) is 4.79 Å². The lowest BCUT2D eigenvalue weighted by molar-refractivity contribution is 0.181. The highest BCUT2D eigenvalue weighted by Crippen LogP contribution is 2.35. The molecule has 0 fully saturated rings. The van der Waals surface area contributed by atoms with Crippen molar-refractivity contribution in [2.75, 3.05) is 19.0 Å². The summed E-state index contributed by atoms with van der Waals surface area (Å²) in [6, 6.07) is 9.71. The zero-order valence-electron chi connectivity index (χ0n) is 12.8. The van der Waals surface area contributed by atoms with Crippen LogP contribution in [0.1, 0.15) is 29.8 Å². The molecule has 1 aromatic heterocycles. The molecule has 1 aliphatic rings. The van der Waals surface area contributed by atoms with Gasteiger partial charge in [-0.1, -0.05) is 6.92 Å². The fourth-order valence-electron chi connectivity index (χ4n) is 2.95. The van der Waals surface area contributed by atoms with Crippen molar-refractivity contribution in [1.29, 1.82) is 0 Å². The van der Waals surface area contributed by atoms with E-state index in [1.165, 1.54) is 10.4 Å². The lowest BCUT2D eigenvalue weighted by Gasteiger charge is -2.35. The summed E-state index contributed by atoms with van der Waals surface area (Å²) in [7, 11) is 1.63. The van der Waals surface area contributed by atoms with E-state index in [1.54, 1.807) is 18.4 Å². The molecule has 1 aromatic carbocycles. The minimum atomic E-state index is -0.0335. The van der Waals surface area contributed by atoms with E-state index in [0.717, 1.165) is 30.8 Å². The number of methoxy groups -OCH3 is 1. The van der Waals surface area contributed by atoms with Gasteiger partial charge in [-0.05, 0) is 54.1 Å². The number of hydrogen-bond acceptors (Lipinski definition) is 3. The van der Waals surface area contributed by atoms with Gasteiger partial charge >= 0.3 is 6.03 Å². The maximum Gasteiger partial charge on any atom is 0.322 e. The Morgan fingerprint density at radius 3 is 2.82 bits per heavy atom. The number of carbonyl (C=O) groups excluding carboxylic acids is 1. The summed E-state index contributed by atoms with van der Waals surface area (Å²) in [6.45, 7) is 2.90. The molecule has 1 atom stereocenters. The number of amides is 2. The van der Waals surface area contributed by atoms with Crippen molar-refractivity contribution in [1.82, 2.24) is 4.90 Å². The molecule has 116 valence electrons. The van der Waals surface area contributed by atoms with Crippen molar-refractivity contribution in [3.63, 3.8) is 0 Å². The summed E-state index contributed by atoms with van der Waals surface area (Å²) in [4.78, 5) is 16.0. The van der Waals surface area contributed by atoms with Gasteiger partial charge in [0, 0.05) is 17.1 Å². The number of fused-ring (bicyclic) bond motifs is 1. The van der Waals surface area contributed by atoms with E-state index in [9.17, 15) is 4.79 Å². The third-order valence-corrected chi connectivity index (χ3v) is 5.08. The van der Waals surface area contributed by atoms with Crippen LogP contribution in [-0.2, 0) is 6.42 Å². The highest BCUT2D eigenvalue weighted by Gasteiger charge is 2.30. The van der Waals surface area contributed by atoms with Crippen LogP contribution in [-0.4, -0.2) is 24.6 Å². The molecule has 0 bridgehead atoms. The third-order valence-electron chi connectivity index (χ3n) is 4.08. The zero-order valence-corrected chi connectivity index (χ0v) is 13.7. The van der Waals surface area contributed by atoms with E-state index in [-0.39, 0.29) is 12.1 Å². The van der Waals surface area contributed by atoms with Gasteiger partial charge in [0.05, 0.1) is 13.2 Å². The Morgan fingerprint density at radius 2 is 2.14 bits per heavy atom. The molecule has 1 aliphatic heterocycles. The molecule has 3 rings (SSSR count). The van der Waals surface area contributed by atoms with Gasteiger partial charge in [-0.2, -0.15) is 0 Å². The number of carbonyl (C=O) groups is 1. The molecular formula is C17H20N2O2S. The SMILES string of the molecule is CC[C@H]1c2ccsc2CCN1C(=O)Nc1ccc(OC)cc1. The first-order chi connectivity index (χ1) is 10.7. The standard InChI is InChI=1S/C17H20N2O2S/c1-3-15-14-9-11-22-16(14)8-10-19(15)17(20)18-12-4-6-13(21-2)7-5-12/h4-7,9,11,15H,3,8,10H2,1-2H3,(H,18,20)/t15-/m0/s1. The van der Waals surface area contributed by atoms with Crippen molar-refractivity contribution < 1.29 is 9.53 Å². The van der Waals surface area contributed by atoms with Gasteiger partial charge < -0.3 is 15.0 Å². The molecule has 2 amide bonds. The van der Waals surface area contributed by atoms with E-state index >= 15 is 0 Å². The predicted molar refractivity (Wildman–Crippen MR) is 89.8 cm³/mol. The number of benzene rings is 1. The number of hydrogen-bond donors (Lipinski definition) is 1. The monoisotopic (exact) mass is 316 g/mol. The largest absolute Gasteiger partial charge is 0.497 e. The first-order valence-electron chi connectivity index (χ1n) is 7.51. The minimum Gasteiger partial charge on any atom is -0.497 e. The van der Waals surface area contributed by atoms with Crippen molar-refractivity contribution >= 4 is 23.1 Å². The second-order valence-electron chi connectivity index (χ2n) is 5.33. The van der Waals surface area contributed by atoms with Crippen LogP contribution in [0.25, 0.3) is 0 Å². The Hall–Kier alpha value is -2.01. The van der Waals surface area contributed by atoms with Crippen LogP contribution in [0, 0.1) is 0 Å². The van der Waals surface area contributed by atoms with Gasteiger partial charge in [-0.15, -0.1) is 11.3 Å². The summed E-state index contributed by atoms with van der Waals surface area (Å²) in [5, 5.41) is 5.11. The highest BCUT2D eigenvalue weighted by atomic mass is 32.1. The fraction of sp³-hybridized carbons (Fsp3) is 0.353.